The topological polar surface area (TPSA) is 55.4 Å². The maximum Gasteiger partial charge on any atom is 0.355 e. The van der Waals surface area contributed by atoms with Gasteiger partial charge in [0.05, 0.1) is 7.11 Å². The van der Waals surface area contributed by atoms with Crippen LogP contribution in [0.2, 0.25) is 0 Å². The summed E-state index contributed by atoms with van der Waals surface area (Å²) in [6, 6.07) is 0. The van der Waals surface area contributed by atoms with Gasteiger partial charge in [0.25, 0.3) is 0 Å². The van der Waals surface area contributed by atoms with Crippen molar-refractivity contribution in [2.75, 3.05) is 7.11 Å². The van der Waals surface area contributed by atoms with E-state index in [4.69, 9.17) is 0 Å². The highest BCUT2D eigenvalue weighted by atomic mass is 79.9. The SMILES string of the molecule is COC(=O)/C(NC=O)=C(/Br)C(C)C. The third-order valence-corrected chi connectivity index (χ3v) is 2.65. The number of esters is 1. The highest BCUT2D eigenvalue weighted by Gasteiger charge is 2.15. The van der Waals surface area contributed by atoms with Crippen LogP contribution in [-0.2, 0) is 14.3 Å². The summed E-state index contributed by atoms with van der Waals surface area (Å²) in [7, 11) is 1.26. The van der Waals surface area contributed by atoms with E-state index < -0.39 is 5.97 Å². The van der Waals surface area contributed by atoms with Crippen LogP contribution in [0.3, 0.4) is 0 Å². The number of carbonyl (C=O) groups is 2. The molecule has 0 aliphatic heterocycles. The maximum absolute atomic E-state index is 11.1. The lowest BCUT2D eigenvalue weighted by Gasteiger charge is -2.09. The highest BCUT2D eigenvalue weighted by Crippen LogP contribution is 2.20. The lowest BCUT2D eigenvalue weighted by Crippen LogP contribution is -2.22. The average Bonchev–Trinajstić information content (AvgIpc) is 2.11. The monoisotopic (exact) mass is 249 g/mol. The molecule has 0 saturated carbocycles. The summed E-state index contributed by atoms with van der Waals surface area (Å²) in [5.41, 5.74) is 0.146. The predicted molar refractivity (Wildman–Crippen MR) is 52.0 cm³/mol. The minimum absolute atomic E-state index is 0.113. The minimum atomic E-state index is -0.562. The summed E-state index contributed by atoms with van der Waals surface area (Å²) in [5.74, 6) is -0.450. The van der Waals surface area contributed by atoms with E-state index in [9.17, 15) is 9.59 Å². The number of carbonyl (C=O) groups excluding carboxylic acids is 2. The number of halogens is 1. The third kappa shape index (κ3) is 3.59. The van der Waals surface area contributed by atoms with E-state index in [1.807, 2.05) is 13.8 Å². The van der Waals surface area contributed by atoms with Crippen LogP contribution in [0.4, 0.5) is 0 Å². The number of hydrogen-bond donors (Lipinski definition) is 1. The molecule has 5 heteroatoms. The number of allylic oxidation sites excluding steroid dienone is 1. The Kier molecular flexibility index (Phi) is 5.37. The van der Waals surface area contributed by atoms with Crippen molar-refractivity contribution in [3.8, 4) is 0 Å². The van der Waals surface area contributed by atoms with Gasteiger partial charge < -0.3 is 10.1 Å². The molecule has 1 N–H and O–H groups in total. The van der Waals surface area contributed by atoms with Crippen LogP contribution in [0.5, 0.6) is 0 Å². The Hall–Kier alpha value is -0.840. The Morgan fingerprint density at radius 3 is 2.38 bits per heavy atom. The Balaban J connectivity index is 4.86. The van der Waals surface area contributed by atoms with Gasteiger partial charge >= 0.3 is 5.97 Å². The van der Waals surface area contributed by atoms with Crippen LogP contribution in [-0.4, -0.2) is 19.5 Å². The van der Waals surface area contributed by atoms with Crippen molar-refractivity contribution in [1.82, 2.24) is 5.32 Å². The lowest BCUT2D eigenvalue weighted by molar-refractivity contribution is -0.137. The summed E-state index contributed by atoms with van der Waals surface area (Å²) in [4.78, 5) is 21.3. The number of ether oxygens (including phenoxy) is 1. The first-order chi connectivity index (χ1) is 6.04. The molecule has 0 atom stereocenters. The van der Waals surface area contributed by atoms with Gasteiger partial charge in [-0.05, 0) is 5.92 Å². The standard InChI is InChI=1S/C8H12BrNO3/c1-5(2)6(9)7(10-4-11)8(12)13-3/h4-5H,1-3H3,(H,10,11)/b7-6-. The molecule has 0 aromatic heterocycles. The van der Waals surface area contributed by atoms with E-state index in [1.165, 1.54) is 7.11 Å². The zero-order valence-corrected chi connectivity index (χ0v) is 9.34. The van der Waals surface area contributed by atoms with Crippen LogP contribution < -0.4 is 5.32 Å². The van der Waals surface area contributed by atoms with Gasteiger partial charge in [0.1, 0.15) is 5.70 Å². The first-order valence-electron chi connectivity index (χ1n) is 3.72. The second-order valence-corrected chi connectivity index (χ2v) is 3.49. The molecule has 13 heavy (non-hydrogen) atoms. The summed E-state index contributed by atoms with van der Waals surface area (Å²) in [6.45, 7) is 3.78. The largest absolute Gasteiger partial charge is 0.464 e. The van der Waals surface area contributed by atoms with Gasteiger partial charge in [-0.15, -0.1) is 0 Å². The number of amides is 1. The summed E-state index contributed by atoms with van der Waals surface area (Å²) in [6.07, 6.45) is 0.440. The smallest absolute Gasteiger partial charge is 0.355 e. The Morgan fingerprint density at radius 2 is 2.08 bits per heavy atom. The van der Waals surface area contributed by atoms with Crippen LogP contribution in [0.15, 0.2) is 10.2 Å². The molecular weight excluding hydrogens is 238 g/mol. The quantitative estimate of drug-likeness (QED) is 0.463. The summed E-state index contributed by atoms with van der Waals surface area (Å²) >= 11 is 3.21. The average molecular weight is 250 g/mol. The molecule has 1 amide bonds. The van der Waals surface area contributed by atoms with E-state index in [2.05, 4.69) is 26.0 Å². The molecule has 0 heterocycles. The molecule has 0 unspecified atom stereocenters. The second-order valence-electron chi connectivity index (χ2n) is 2.63. The van der Waals surface area contributed by atoms with Crippen molar-refractivity contribution in [2.45, 2.75) is 13.8 Å². The van der Waals surface area contributed by atoms with Gasteiger partial charge in [-0.25, -0.2) is 4.79 Å². The molecule has 0 aromatic carbocycles. The molecule has 0 bridgehead atoms. The van der Waals surface area contributed by atoms with Gasteiger partial charge in [-0.3, -0.25) is 4.79 Å². The Labute approximate surface area is 85.5 Å². The van der Waals surface area contributed by atoms with Crippen LogP contribution in [0.25, 0.3) is 0 Å². The molecule has 74 valence electrons. The molecule has 4 nitrogen and oxygen atoms in total. The van der Waals surface area contributed by atoms with E-state index in [-0.39, 0.29) is 11.6 Å². The van der Waals surface area contributed by atoms with E-state index in [0.29, 0.717) is 10.9 Å². The fraction of sp³-hybridized carbons (Fsp3) is 0.500. The number of rotatable bonds is 4. The molecule has 0 fully saturated rings. The second kappa shape index (κ2) is 5.75. The van der Waals surface area contributed by atoms with Crippen molar-refractivity contribution in [3.63, 3.8) is 0 Å². The van der Waals surface area contributed by atoms with E-state index in [0.717, 1.165) is 0 Å². The summed E-state index contributed by atoms with van der Waals surface area (Å²) < 4.78 is 5.11. The lowest BCUT2D eigenvalue weighted by atomic mass is 10.2. The molecule has 0 saturated heterocycles. The maximum atomic E-state index is 11.1. The number of methoxy groups -OCH3 is 1. The third-order valence-electron chi connectivity index (χ3n) is 1.34. The molecule has 0 aliphatic carbocycles. The zero-order chi connectivity index (χ0) is 10.4. The highest BCUT2D eigenvalue weighted by molar-refractivity contribution is 9.11. The molecule has 0 radical (unpaired) electrons. The first kappa shape index (κ1) is 12.2. The first-order valence-corrected chi connectivity index (χ1v) is 4.52. The van der Waals surface area contributed by atoms with Crippen molar-refractivity contribution in [3.05, 3.63) is 10.2 Å². The molecule has 0 aliphatic rings. The molecule has 0 aromatic rings. The fourth-order valence-electron chi connectivity index (χ4n) is 0.675. The van der Waals surface area contributed by atoms with Crippen molar-refractivity contribution in [1.29, 1.82) is 0 Å². The van der Waals surface area contributed by atoms with Crippen molar-refractivity contribution < 1.29 is 14.3 Å². The fourth-order valence-corrected chi connectivity index (χ4v) is 0.951. The van der Waals surface area contributed by atoms with Gasteiger partial charge in [-0.2, -0.15) is 0 Å². The molecular formula is C8H12BrNO3. The van der Waals surface area contributed by atoms with Crippen LogP contribution >= 0.6 is 15.9 Å². The van der Waals surface area contributed by atoms with Crippen LogP contribution in [0.1, 0.15) is 13.8 Å². The Morgan fingerprint density at radius 1 is 1.54 bits per heavy atom. The van der Waals surface area contributed by atoms with Gasteiger partial charge in [-0.1, -0.05) is 29.8 Å². The van der Waals surface area contributed by atoms with E-state index in [1.54, 1.807) is 0 Å². The number of hydrogen-bond acceptors (Lipinski definition) is 3. The van der Waals surface area contributed by atoms with Crippen molar-refractivity contribution in [2.24, 2.45) is 5.92 Å². The van der Waals surface area contributed by atoms with Crippen molar-refractivity contribution >= 4 is 28.3 Å². The van der Waals surface area contributed by atoms with Crippen LogP contribution in [0, 0.1) is 5.92 Å². The van der Waals surface area contributed by atoms with Gasteiger partial charge in [0.15, 0.2) is 0 Å². The summed E-state index contributed by atoms with van der Waals surface area (Å²) in [5, 5.41) is 2.29. The van der Waals surface area contributed by atoms with E-state index >= 15 is 0 Å². The Bertz CT molecular complexity index is 236. The number of nitrogens with one attached hydrogen (secondary N) is 1. The molecule has 0 rings (SSSR count). The minimum Gasteiger partial charge on any atom is -0.464 e. The molecule has 0 spiro atoms. The predicted octanol–water partition coefficient (Wildman–Crippen LogP) is 1.17. The normalized spacial score (nSPS) is 12.1. The van der Waals surface area contributed by atoms with Gasteiger partial charge in [0, 0.05) is 4.48 Å². The zero-order valence-electron chi connectivity index (χ0n) is 7.76. The van der Waals surface area contributed by atoms with Gasteiger partial charge in [0.2, 0.25) is 6.41 Å².